The number of benzene rings is 2. The molecule has 0 atom stereocenters. The Hall–Kier alpha value is -3.13. The topological polar surface area (TPSA) is 103 Å². The molecule has 0 saturated heterocycles. The average Bonchev–Trinajstić information content (AvgIpc) is 2.72. The Kier molecular flexibility index (Phi) is 7.12. The standard InChI is InChI=1S/C23H27N5O2S/c1-14(2)18-8-6-17(7-9-18)12-20-26-22(27-23(30)28(20)24)31-13-21(29)25-19-10-5-15(3)11-16(19)4/h5-11,14H,12-13,24H2,1-4H3,(H,25,29). The molecule has 1 heterocycles. The van der Waals surface area contributed by atoms with Gasteiger partial charge in [0.2, 0.25) is 5.91 Å². The minimum atomic E-state index is -0.596. The zero-order valence-corrected chi connectivity index (χ0v) is 19.0. The minimum Gasteiger partial charge on any atom is -0.333 e. The Labute approximate surface area is 186 Å². The molecule has 2 aromatic carbocycles. The predicted octanol–water partition coefficient (Wildman–Crippen LogP) is 3.41. The van der Waals surface area contributed by atoms with Crippen molar-refractivity contribution in [3.63, 3.8) is 0 Å². The Morgan fingerprint density at radius 2 is 1.84 bits per heavy atom. The third-order valence-corrected chi connectivity index (χ3v) is 5.74. The molecule has 0 radical (unpaired) electrons. The summed E-state index contributed by atoms with van der Waals surface area (Å²) in [5.41, 5.74) is 4.52. The van der Waals surface area contributed by atoms with Crippen molar-refractivity contribution in [2.75, 3.05) is 16.9 Å². The van der Waals surface area contributed by atoms with Gasteiger partial charge in [0.15, 0.2) is 5.16 Å². The number of carbonyl (C=O) groups excluding carboxylic acids is 1. The Bertz CT molecular complexity index is 1140. The summed E-state index contributed by atoms with van der Waals surface area (Å²) in [4.78, 5) is 32.8. The summed E-state index contributed by atoms with van der Waals surface area (Å²) in [5, 5.41) is 3.11. The number of nitrogen functional groups attached to an aromatic ring is 1. The van der Waals surface area contributed by atoms with Crippen molar-refractivity contribution in [2.45, 2.75) is 45.2 Å². The first kappa shape index (κ1) is 22.6. The van der Waals surface area contributed by atoms with Crippen molar-refractivity contribution in [1.82, 2.24) is 14.6 Å². The number of thioether (sulfide) groups is 1. The first-order valence-electron chi connectivity index (χ1n) is 10.1. The maximum absolute atomic E-state index is 12.3. The number of nitrogens with two attached hydrogens (primary N) is 1. The first-order chi connectivity index (χ1) is 14.7. The zero-order chi connectivity index (χ0) is 22.5. The maximum atomic E-state index is 12.3. The van der Waals surface area contributed by atoms with Crippen LogP contribution in [0.2, 0.25) is 0 Å². The lowest BCUT2D eigenvalue weighted by Crippen LogP contribution is -2.34. The largest absolute Gasteiger partial charge is 0.370 e. The normalized spacial score (nSPS) is 11.0. The molecule has 3 rings (SSSR count). The lowest BCUT2D eigenvalue weighted by Gasteiger charge is -2.10. The van der Waals surface area contributed by atoms with E-state index < -0.39 is 5.69 Å². The highest BCUT2D eigenvalue weighted by Gasteiger charge is 2.12. The molecule has 3 aromatic rings. The number of amides is 1. The van der Waals surface area contributed by atoms with Gasteiger partial charge in [-0.05, 0) is 42.5 Å². The van der Waals surface area contributed by atoms with Crippen LogP contribution in [0.25, 0.3) is 0 Å². The summed E-state index contributed by atoms with van der Waals surface area (Å²) in [5.74, 6) is 6.59. The fraction of sp³-hybridized carbons (Fsp3) is 0.304. The van der Waals surface area contributed by atoms with Crippen molar-refractivity contribution in [3.8, 4) is 0 Å². The number of hydrogen-bond acceptors (Lipinski definition) is 6. The summed E-state index contributed by atoms with van der Waals surface area (Å²) in [6.07, 6.45) is 0.398. The van der Waals surface area contributed by atoms with E-state index in [1.54, 1.807) is 0 Å². The Morgan fingerprint density at radius 3 is 2.48 bits per heavy atom. The molecule has 0 saturated carbocycles. The van der Waals surface area contributed by atoms with Gasteiger partial charge in [-0.25, -0.2) is 9.78 Å². The van der Waals surface area contributed by atoms with E-state index in [0.29, 0.717) is 18.2 Å². The lowest BCUT2D eigenvalue weighted by molar-refractivity contribution is -0.113. The van der Waals surface area contributed by atoms with Crippen molar-refractivity contribution >= 4 is 23.4 Å². The second-order valence-electron chi connectivity index (χ2n) is 7.80. The molecule has 0 aliphatic rings. The number of carbonyl (C=O) groups is 1. The molecule has 0 bridgehead atoms. The van der Waals surface area contributed by atoms with Crippen LogP contribution in [0.4, 0.5) is 5.69 Å². The number of rotatable bonds is 7. The molecule has 0 unspecified atom stereocenters. The Balaban J connectivity index is 1.68. The predicted molar refractivity (Wildman–Crippen MR) is 125 cm³/mol. The van der Waals surface area contributed by atoms with Crippen LogP contribution in [0.15, 0.2) is 52.4 Å². The SMILES string of the molecule is Cc1ccc(NC(=O)CSc2nc(Cc3ccc(C(C)C)cc3)n(N)c(=O)n2)c(C)c1. The molecule has 3 N–H and O–H groups in total. The highest BCUT2D eigenvalue weighted by atomic mass is 32.2. The zero-order valence-electron chi connectivity index (χ0n) is 18.2. The average molecular weight is 438 g/mol. The fourth-order valence-corrected chi connectivity index (χ4v) is 3.74. The highest BCUT2D eigenvalue weighted by Crippen LogP contribution is 2.19. The van der Waals surface area contributed by atoms with Crippen LogP contribution in [0.1, 0.15) is 47.8 Å². The summed E-state index contributed by atoms with van der Waals surface area (Å²) in [6, 6.07) is 14.0. The van der Waals surface area contributed by atoms with Crippen molar-refractivity contribution in [3.05, 3.63) is 81.0 Å². The number of aromatic nitrogens is 3. The lowest BCUT2D eigenvalue weighted by atomic mass is 10.0. The van der Waals surface area contributed by atoms with Crippen molar-refractivity contribution in [1.29, 1.82) is 0 Å². The Morgan fingerprint density at radius 1 is 1.13 bits per heavy atom. The summed E-state index contributed by atoms with van der Waals surface area (Å²) in [7, 11) is 0. The van der Waals surface area contributed by atoms with Gasteiger partial charge in [-0.2, -0.15) is 9.66 Å². The molecule has 31 heavy (non-hydrogen) atoms. The van der Waals surface area contributed by atoms with Gasteiger partial charge in [0, 0.05) is 12.1 Å². The van der Waals surface area contributed by atoms with E-state index in [1.165, 1.54) is 5.56 Å². The molecular weight excluding hydrogens is 410 g/mol. The number of nitrogens with zero attached hydrogens (tertiary/aromatic N) is 3. The van der Waals surface area contributed by atoms with Crippen LogP contribution >= 0.6 is 11.8 Å². The second-order valence-corrected chi connectivity index (χ2v) is 8.75. The van der Waals surface area contributed by atoms with Gasteiger partial charge in [-0.3, -0.25) is 4.79 Å². The minimum absolute atomic E-state index is 0.0872. The number of aryl methyl sites for hydroxylation is 2. The molecular formula is C23H27N5O2S. The van der Waals surface area contributed by atoms with E-state index in [4.69, 9.17) is 5.84 Å². The van der Waals surface area contributed by atoms with Crippen molar-refractivity contribution < 1.29 is 4.79 Å². The second kappa shape index (κ2) is 9.78. The van der Waals surface area contributed by atoms with Crippen LogP contribution < -0.4 is 16.8 Å². The van der Waals surface area contributed by atoms with Crippen LogP contribution in [-0.4, -0.2) is 26.3 Å². The van der Waals surface area contributed by atoms with E-state index in [-0.39, 0.29) is 16.8 Å². The molecule has 0 spiro atoms. The monoisotopic (exact) mass is 437 g/mol. The van der Waals surface area contributed by atoms with Gasteiger partial charge in [0.1, 0.15) is 5.82 Å². The molecule has 1 aromatic heterocycles. The molecule has 162 valence electrons. The number of nitrogens with one attached hydrogen (secondary N) is 1. The maximum Gasteiger partial charge on any atom is 0.370 e. The van der Waals surface area contributed by atoms with E-state index in [9.17, 15) is 9.59 Å². The summed E-state index contributed by atoms with van der Waals surface area (Å²) in [6.45, 7) is 8.22. The summed E-state index contributed by atoms with van der Waals surface area (Å²) >= 11 is 1.11. The third kappa shape index (κ3) is 5.95. The van der Waals surface area contributed by atoms with E-state index in [0.717, 1.165) is 38.8 Å². The number of anilines is 1. The molecule has 8 heteroatoms. The molecule has 0 aliphatic heterocycles. The molecule has 1 amide bonds. The first-order valence-corrected chi connectivity index (χ1v) is 11.0. The van der Waals surface area contributed by atoms with Gasteiger partial charge >= 0.3 is 5.69 Å². The van der Waals surface area contributed by atoms with Gasteiger partial charge in [0.05, 0.1) is 5.75 Å². The van der Waals surface area contributed by atoms with Gasteiger partial charge < -0.3 is 11.2 Å². The van der Waals surface area contributed by atoms with Gasteiger partial charge in [0.25, 0.3) is 0 Å². The smallest absolute Gasteiger partial charge is 0.333 e. The van der Waals surface area contributed by atoms with Gasteiger partial charge in [-0.1, -0.05) is 67.6 Å². The van der Waals surface area contributed by atoms with Crippen LogP contribution in [0, 0.1) is 13.8 Å². The summed E-state index contributed by atoms with van der Waals surface area (Å²) < 4.78 is 0.955. The highest BCUT2D eigenvalue weighted by molar-refractivity contribution is 7.99. The van der Waals surface area contributed by atoms with Crippen molar-refractivity contribution in [2.24, 2.45) is 0 Å². The van der Waals surface area contributed by atoms with Crippen LogP contribution in [0.3, 0.4) is 0 Å². The van der Waals surface area contributed by atoms with Gasteiger partial charge in [-0.15, -0.1) is 0 Å². The van der Waals surface area contributed by atoms with Crippen LogP contribution in [0.5, 0.6) is 0 Å². The molecule has 0 fully saturated rings. The quantitative estimate of drug-likeness (QED) is 0.434. The third-order valence-electron chi connectivity index (χ3n) is 4.90. The fourth-order valence-electron chi connectivity index (χ4n) is 3.10. The van der Waals surface area contributed by atoms with E-state index in [2.05, 4.69) is 41.3 Å². The molecule has 7 nitrogen and oxygen atoms in total. The van der Waals surface area contributed by atoms with E-state index in [1.807, 2.05) is 44.2 Å². The van der Waals surface area contributed by atoms with E-state index >= 15 is 0 Å². The van der Waals surface area contributed by atoms with Crippen LogP contribution in [-0.2, 0) is 11.2 Å². The molecule has 0 aliphatic carbocycles. The number of hydrogen-bond donors (Lipinski definition) is 2.